The van der Waals surface area contributed by atoms with Crippen LogP contribution in [-0.2, 0) is 21.2 Å². The minimum absolute atomic E-state index is 0.0930. The number of hydrogen-bond donors (Lipinski definition) is 0. The monoisotopic (exact) mass is 488 g/mol. The van der Waals surface area contributed by atoms with Crippen molar-refractivity contribution in [3.63, 3.8) is 0 Å². The number of amides is 1. The molecule has 0 bridgehead atoms. The van der Waals surface area contributed by atoms with E-state index in [0.29, 0.717) is 31.8 Å². The maximum atomic E-state index is 13.1. The molecule has 0 saturated carbocycles. The highest BCUT2D eigenvalue weighted by Gasteiger charge is 2.34. The normalized spacial score (nSPS) is 18.7. The lowest BCUT2D eigenvalue weighted by atomic mass is 9.89. The van der Waals surface area contributed by atoms with E-state index in [1.807, 2.05) is 17.0 Å². The van der Waals surface area contributed by atoms with Crippen LogP contribution in [0.4, 0.5) is 4.39 Å². The molecule has 4 rings (SSSR count). The quantitative estimate of drug-likeness (QED) is 0.588. The summed E-state index contributed by atoms with van der Waals surface area (Å²) in [7, 11) is -1.99. The Morgan fingerprint density at radius 2 is 1.56 bits per heavy atom. The van der Waals surface area contributed by atoms with E-state index in [1.165, 1.54) is 22.0 Å². The summed E-state index contributed by atoms with van der Waals surface area (Å²) in [6.45, 7) is 2.18. The zero-order valence-electron chi connectivity index (χ0n) is 19.7. The zero-order valence-corrected chi connectivity index (χ0v) is 20.5. The van der Waals surface area contributed by atoms with Gasteiger partial charge in [-0.15, -0.1) is 0 Å². The highest BCUT2D eigenvalue weighted by Crippen LogP contribution is 2.28. The van der Waals surface area contributed by atoms with E-state index in [4.69, 9.17) is 4.74 Å². The van der Waals surface area contributed by atoms with Crippen LogP contribution in [0.25, 0.3) is 0 Å². The maximum Gasteiger partial charge on any atom is 0.243 e. The van der Waals surface area contributed by atoms with Crippen molar-refractivity contribution in [1.82, 2.24) is 9.21 Å². The number of carbonyl (C=O) groups excluding carboxylic acids is 1. The lowest BCUT2D eigenvalue weighted by Crippen LogP contribution is -2.46. The second kappa shape index (κ2) is 10.9. The Kier molecular flexibility index (Phi) is 7.88. The fourth-order valence-corrected chi connectivity index (χ4v) is 6.43. The largest absolute Gasteiger partial charge is 0.497 e. The molecule has 8 heteroatoms. The fraction of sp³-hybridized carbons (Fsp3) is 0.500. The van der Waals surface area contributed by atoms with E-state index in [9.17, 15) is 17.6 Å². The zero-order chi connectivity index (χ0) is 24.1. The van der Waals surface area contributed by atoms with Crippen LogP contribution in [0.5, 0.6) is 5.75 Å². The highest BCUT2D eigenvalue weighted by atomic mass is 32.2. The lowest BCUT2D eigenvalue weighted by molar-refractivity contribution is -0.138. The predicted molar refractivity (Wildman–Crippen MR) is 129 cm³/mol. The molecule has 2 fully saturated rings. The Hall–Kier alpha value is -2.45. The number of sulfonamides is 1. The summed E-state index contributed by atoms with van der Waals surface area (Å²) in [5.74, 6) is 1.05. The number of carbonyl (C=O) groups is 1. The lowest BCUT2D eigenvalue weighted by Gasteiger charge is -2.37. The standard InChI is InChI=1S/C26H33FN2O4S/c1-33-24-8-4-20(5-9-24)2-3-21-12-16-28(17-13-21)26(30)22-14-18-29(19-15-22)34(31,32)25-10-6-23(27)7-11-25/h4-11,21-22H,2-3,12-19H2,1H3. The van der Waals surface area contributed by atoms with Gasteiger partial charge in [0.05, 0.1) is 12.0 Å². The van der Waals surface area contributed by atoms with Crippen molar-refractivity contribution in [2.75, 3.05) is 33.3 Å². The first kappa shape index (κ1) is 24.7. The van der Waals surface area contributed by atoms with Crippen molar-refractivity contribution in [3.8, 4) is 5.75 Å². The molecular weight excluding hydrogens is 455 g/mol. The van der Waals surface area contributed by atoms with E-state index in [2.05, 4.69) is 12.1 Å². The van der Waals surface area contributed by atoms with Crippen LogP contribution in [0.1, 0.15) is 37.7 Å². The van der Waals surface area contributed by atoms with Crippen LogP contribution in [0.2, 0.25) is 0 Å². The number of ether oxygens (including phenoxy) is 1. The van der Waals surface area contributed by atoms with Gasteiger partial charge < -0.3 is 9.64 Å². The average molecular weight is 489 g/mol. The van der Waals surface area contributed by atoms with Gasteiger partial charge in [-0.2, -0.15) is 4.31 Å². The summed E-state index contributed by atoms with van der Waals surface area (Å²) in [6, 6.07) is 13.1. The number of likely N-dealkylation sites (tertiary alicyclic amines) is 1. The first-order valence-electron chi connectivity index (χ1n) is 12.0. The summed E-state index contributed by atoms with van der Waals surface area (Å²) in [4.78, 5) is 15.1. The van der Waals surface area contributed by atoms with Gasteiger partial charge in [-0.05, 0) is 86.4 Å². The number of methoxy groups -OCH3 is 1. The van der Waals surface area contributed by atoms with Crippen molar-refractivity contribution in [2.24, 2.45) is 11.8 Å². The molecule has 0 atom stereocenters. The number of piperidine rings is 2. The molecule has 184 valence electrons. The van der Waals surface area contributed by atoms with Gasteiger partial charge in [0.1, 0.15) is 11.6 Å². The molecule has 0 spiro atoms. The van der Waals surface area contributed by atoms with Crippen LogP contribution >= 0.6 is 0 Å². The van der Waals surface area contributed by atoms with E-state index < -0.39 is 15.8 Å². The van der Waals surface area contributed by atoms with Crippen LogP contribution in [0.15, 0.2) is 53.4 Å². The molecule has 2 aromatic rings. The molecule has 34 heavy (non-hydrogen) atoms. The summed E-state index contributed by atoms with van der Waals surface area (Å²) >= 11 is 0. The van der Waals surface area contributed by atoms with Crippen LogP contribution < -0.4 is 4.74 Å². The average Bonchev–Trinajstić information content (AvgIpc) is 2.88. The van der Waals surface area contributed by atoms with Crippen LogP contribution in [0.3, 0.4) is 0 Å². The SMILES string of the molecule is COc1ccc(CCC2CCN(C(=O)C3CCN(S(=O)(=O)c4ccc(F)cc4)CC3)CC2)cc1. The molecule has 2 saturated heterocycles. The van der Waals surface area contributed by atoms with Crippen LogP contribution in [0, 0.1) is 17.7 Å². The predicted octanol–water partition coefficient (Wildman–Crippen LogP) is 4.11. The van der Waals surface area contributed by atoms with E-state index in [0.717, 1.165) is 56.7 Å². The second-order valence-corrected chi connectivity index (χ2v) is 11.2. The van der Waals surface area contributed by atoms with Crippen molar-refractivity contribution in [1.29, 1.82) is 0 Å². The summed E-state index contributed by atoms with van der Waals surface area (Å²) in [5.41, 5.74) is 1.31. The number of halogens is 1. The highest BCUT2D eigenvalue weighted by molar-refractivity contribution is 7.89. The third-order valence-electron chi connectivity index (χ3n) is 7.18. The fourth-order valence-electron chi connectivity index (χ4n) is 4.96. The minimum atomic E-state index is -3.66. The van der Waals surface area contributed by atoms with Gasteiger partial charge in [0, 0.05) is 32.1 Å². The third-order valence-corrected chi connectivity index (χ3v) is 9.09. The minimum Gasteiger partial charge on any atom is -0.497 e. The van der Waals surface area contributed by atoms with E-state index >= 15 is 0 Å². The third kappa shape index (κ3) is 5.78. The Balaban J connectivity index is 1.22. The topological polar surface area (TPSA) is 66.9 Å². The number of aryl methyl sites for hydroxylation is 1. The maximum absolute atomic E-state index is 13.1. The summed E-state index contributed by atoms with van der Waals surface area (Å²) in [6.07, 6.45) is 5.23. The molecule has 0 aromatic heterocycles. The molecular formula is C26H33FN2O4S. The van der Waals surface area contributed by atoms with Gasteiger partial charge in [-0.3, -0.25) is 4.79 Å². The van der Waals surface area contributed by atoms with Gasteiger partial charge in [0.25, 0.3) is 0 Å². The number of hydrogen-bond acceptors (Lipinski definition) is 4. The van der Waals surface area contributed by atoms with Crippen molar-refractivity contribution in [2.45, 2.75) is 43.4 Å². The molecule has 2 aromatic carbocycles. The molecule has 1 amide bonds. The Labute approximate surface area is 201 Å². The molecule has 2 aliphatic heterocycles. The summed E-state index contributed by atoms with van der Waals surface area (Å²) < 4.78 is 45.4. The van der Waals surface area contributed by atoms with Crippen molar-refractivity contribution in [3.05, 3.63) is 59.9 Å². The Morgan fingerprint density at radius 3 is 2.15 bits per heavy atom. The number of nitrogens with zero attached hydrogens (tertiary/aromatic N) is 2. The van der Waals surface area contributed by atoms with Gasteiger partial charge >= 0.3 is 0 Å². The Bertz CT molecular complexity index is 1060. The summed E-state index contributed by atoms with van der Waals surface area (Å²) in [5, 5.41) is 0. The van der Waals surface area contributed by atoms with Gasteiger partial charge in [0.15, 0.2) is 0 Å². The smallest absolute Gasteiger partial charge is 0.243 e. The second-order valence-electron chi connectivity index (χ2n) is 9.29. The first-order valence-corrected chi connectivity index (χ1v) is 13.5. The first-order chi connectivity index (χ1) is 16.4. The van der Waals surface area contributed by atoms with E-state index in [-0.39, 0.29) is 16.7 Å². The Morgan fingerprint density at radius 1 is 0.941 bits per heavy atom. The molecule has 0 aliphatic carbocycles. The molecule has 6 nitrogen and oxygen atoms in total. The molecule has 0 unspecified atom stereocenters. The molecule has 0 N–H and O–H groups in total. The van der Waals surface area contributed by atoms with Gasteiger partial charge in [-0.1, -0.05) is 12.1 Å². The van der Waals surface area contributed by atoms with Gasteiger partial charge in [-0.25, -0.2) is 12.8 Å². The van der Waals surface area contributed by atoms with Crippen LogP contribution in [-0.4, -0.2) is 56.8 Å². The van der Waals surface area contributed by atoms with Crippen molar-refractivity contribution < 1.29 is 22.3 Å². The molecule has 2 aliphatic rings. The molecule has 2 heterocycles. The van der Waals surface area contributed by atoms with Crippen molar-refractivity contribution >= 4 is 15.9 Å². The molecule has 0 radical (unpaired) electrons. The van der Waals surface area contributed by atoms with Gasteiger partial charge in [0.2, 0.25) is 15.9 Å². The van der Waals surface area contributed by atoms with E-state index in [1.54, 1.807) is 7.11 Å². The number of benzene rings is 2. The number of rotatable bonds is 7.